The van der Waals surface area contributed by atoms with Gasteiger partial charge in [-0.15, -0.1) is 0 Å². The molecule has 1 unspecified atom stereocenters. The van der Waals surface area contributed by atoms with E-state index in [9.17, 15) is 13.9 Å². The highest BCUT2D eigenvalue weighted by molar-refractivity contribution is 5.81. The maximum Gasteiger partial charge on any atom is 0.134 e. The van der Waals surface area contributed by atoms with Crippen molar-refractivity contribution >= 4 is 11.0 Å². The molecule has 3 rings (SSSR count). The van der Waals surface area contributed by atoms with Gasteiger partial charge < -0.3 is 9.52 Å². The van der Waals surface area contributed by atoms with Gasteiger partial charge >= 0.3 is 0 Å². The molecular formula is C15H10F2O2. The zero-order chi connectivity index (χ0) is 13.4. The number of aliphatic hydroxyl groups is 1. The molecule has 1 aromatic heterocycles. The molecular weight excluding hydrogens is 250 g/mol. The number of para-hydroxylation sites is 1. The van der Waals surface area contributed by atoms with Crippen LogP contribution in [0.2, 0.25) is 0 Å². The third kappa shape index (κ3) is 2.00. The lowest BCUT2D eigenvalue weighted by atomic mass is 10.0. The zero-order valence-corrected chi connectivity index (χ0v) is 9.81. The summed E-state index contributed by atoms with van der Waals surface area (Å²) in [6, 6.07) is 10.1. The van der Waals surface area contributed by atoms with Crippen LogP contribution in [0.1, 0.15) is 17.2 Å². The third-order valence-electron chi connectivity index (χ3n) is 3.06. The number of halogens is 2. The number of hydrogen-bond donors (Lipinski definition) is 1. The van der Waals surface area contributed by atoms with Crippen molar-refractivity contribution in [2.75, 3.05) is 0 Å². The van der Waals surface area contributed by atoms with Gasteiger partial charge in [-0.05, 0) is 24.3 Å². The lowest BCUT2D eigenvalue weighted by molar-refractivity contribution is 0.214. The Kier molecular flexibility index (Phi) is 2.80. The summed E-state index contributed by atoms with van der Waals surface area (Å²) in [7, 11) is 0. The fraction of sp³-hybridized carbons (Fsp3) is 0.0667. The van der Waals surface area contributed by atoms with Gasteiger partial charge in [0, 0.05) is 16.5 Å². The minimum Gasteiger partial charge on any atom is -0.464 e. The minimum absolute atomic E-state index is 0.105. The summed E-state index contributed by atoms with van der Waals surface area (Å²) in [6.45, 7) is 0. The average Bonchev–Trinajstić information content (AvgIpc) is 2.84. The monoisotopic (exact) mass is 260 g/mol. The smallest absolute Gasteiger partial charge is 0.134 e. The van der Waals surface area contributed by atoms with Crippen LogP contribution in [0, 0.1) is 11.6 Å². The predicted octanol–water partition coefficient (Wildman–Crippen LogP) is 3.79. The zero-order valence-electron chi connectivity index (χ0n) is 9.81. The van der Waals surface area contributed by atoms with Crippen molar-refractivity contribution in [1.82, 2.24) is 0 Å². The van der Waals surface area contributed by atoms with Crippen LogP contribution in [0.5, 0.6) is 0 Å². The summed E-state index contributed by atoms with van der Waals surface area (Å²) in [5, 5.41) is 10.9. The lowest BCUT2D eigenvalue weighted by Crippen LogP contribution is -2.02. The number of benzene rings is 2. The molecule has 0 saturated carbocycles. The fourth-order valence-electron chi connectivity index (χ4n) is 2.10. The Balaban J connectivity index is 2.13. The third-order valence-corrected chi connectivity index (χ3v) is 3.06. The van der Waals surface area contributed by atoms with E-state index in [1.165, 1.54) is 6.26 Å². The Morgan fingerprint density at radius 1 is 1.00 bits per heavy atom. The molecule has 0 saturated heterocycles. The SMILES string of the molecule is OC(c1cc(F)ccc1F)c1coc2ccccc12. The van der Waals surface area contributed by atoms with Gasteiger partial charge in [0.15, 0.2) is 0 Å². The highest BCUT2D eigenvalue weighted by Crippen LogP contribution is 2.31. The first kappa shape index (κ1) is 11.9. The van der Waals surface area contributed by atoms with Gasteiger partial charge in [0.05, 0.1) is 6.26 Å². The van der Waals surface area contributed by atoms with Crippen molar-refractivity contribution in [2.24, 2.45) is 0 Å². The Morgan fingerprint density at radius 3 is 2.63 bits per heavy atom. The van der Waals surface area contributed by atoms with Gasteiger partial charge in [-0.3, -0.25) is 0 Å². The van der Waals surface area contributed by atoms with Gasteiger partial charge in [0.2, 0.25) is 0 Å². The lowest BCUT2D eigenvalue weighted by Gasteiger charge is -2.10. The Morgan fingerprint density at radius 2 is 1.79 bits per heavy atom. The first-order valence-corrected chi connectivity index (χ1v) is 5.76. The largest absolute Gasteiger partial charge is 0.464 e. The van der Waals surface area contributed by atoms with E-state index in [1.54, 1.807) is 24.3 Å². The van der Waals surface area contributed by atoms with Crippen LogP contribution < -0.4 is 0 Å². The maximum absolute atomic E-state index is 13.7. The summed E-state index contributed by atoms with van der Waals surface area (Å²) in [4.78, 5) is 0. The first-order valence-electron chi connectivity index (χ1n) is 5.76. The predicted molar refractivity (Wildman–Crippen MR) is 66.6 cm³/mol. The van der Waals surface area contributed by atoms with E-state index in [2.05, 4.69) is 0 Å². The van der Waals surface area contributed by atoms with E-state index in [-0.39, 0.29) is 5.56 Å². The quantitative estimate of drug-likeness (QED) is 0.760. The number of fused-ring (bicyclic) bond motifs is 1. The number of aliphatic hydroxyl groups excluding tert-OH is 1. The maximum atomic E-state index is 13.7. The summed E-state index contributed by atoms with van der Waals surface area (Å²) >= 11 is 0. The van der Waals surface area contributed by atoms with E-state index in [0.717, 1.165) is 18.2 Å². The fourth-order valence-corrected chi connectivity index (χ4v) is 2.10. The van der Waals surface area contributed by atoms with Crippen molar-refractivity contribution in [3.63, 3.8) is 0 Å². The van der Waals surface area contributed by atoms with Crippen molar-refractivity contribution in [1.29, 1.82) is 0 Å². The van der Waals surface area contributed by atoms with Crippen LogP contribution in [-0.2, 0) is 0 Å². The Hall–Kier alpha value is -2.20. The molecule has 0 aliphatic heterocycles. The average molecular weight is 260 g/mol. The number of rotatable bonds is 2. The van der Waals surface area contributed by atoms with E-state index < -0.39 is 17.7 Å². The Bertz CT molecular complexity index is 734. The standard InChI is InChI=1S/C15H10F2O2/c16-9-5-6-13(17)11(7-9)15(18)12-8-19-14-4-2-1-3-10(12)14/h1-8,15,18H. The number of furan rings is 1. The van der Waals surface area contributed by atoms with Gasteiger partial charge in [-0.1, -0.05) is 18.2 Å². The van der Waals surface area contributed by atoms with Crippen molar-refractivity contribution in [3.8, 4) is 0 Å². The van der Waals surface area contributed by atoms with Crippen LogP contribution in [0.15, 0.2) is 53.1 Å². The van der Waals surface area contributed by atoms with Crippen molar-refractivity contribution in [3.05, 3.63) is 71.5 Å². The van der Waals surface area contributed by atoms with Gasteiger partial charge in [-0.25, -0.2) is 8.78 Å². The normalized spacial score (nSPS) is 12.8. The summed E-state index contributed by atoms with van der Waals surface area (Å²) in [5.74, 6) is -1.25. The van der Waals surface area contributed by atoms with Crippen LogP contribution >= 0.6 is 0 Å². The molecule has 96 valence electrons. The van der Waals surface area contributed by atoms with Crippen LogP contribution in [0.3, 0.4) is 0 Å². The van der Waals surface area contributed by atoms with Gasteiger partial charge in [0.1, 0.15) is 23.3 Å². The van der Waals surface area contributed by atoms with Crippen LogP contribution in [0.4, 0.5) is 8.78 Å². The molecule has 2 nitrogen and oxygen atoms in total. The summed E-state index contributed by atoms with van der Waals surface area (Å²) in [5.41, 5.74) is 0.903. The first-order chi connectivity index (χ1) is 9.16. The second kappa shape index (κ2) is 4.48. The van der Waals surface area contributed by atoms with Gasteiger partial charge in [0.25, 0.3) is 0 Å². The topological polar surface area (TPSA) is 33.4 Å². The molecule has 0 aliphatic carbocycles. The molecule has 3 aromatic rings. The molecule has 0 amide bonds. The Labute approximate surface area is 107 Å². The molecule has 1 heterocycles. The minimum atomic E-state index is -1.26. The molecule has 19 heavy (non-hydrogen) atoms. The molecule has 0 fully saturated rings. The molecule has 0 aliphatic rings. The second-order valence-electron chi connectivity index (χ2n) is 4.26. The molecule has 1 N–H and O–H groups in total. The molecule has 0 spiro atoms. The van der Waals surface area contributed by atoms with Crippen molar-refractivity contribution < 1.29 is 18.3 Å². The van der Waals surface area contributed by atoms with Crippen LogP contribution in [0.25, 0.3) is 11.0 Å². The summed E-state index contributed by atoms with van der Waals surface area (Å²) < 4.78 is 32.1. The van der Waals surface area contributed by atoms with E-state index in [1.807, 2.05) is 0 Å². The molecule has 0 bridgehead atoms. The highest BCUT2D eigenvalue weighted by Gasteiger charge is 2.20. The van der Waals surface area contributed by atoms with Crippen molar-refractivity contribution in [2.45, 2.75) is 6.10 Å². The molecule has 0 radical (unpaired) electrons. The van der Waals surface area contributed by atoms with E-state index >= 15 is 0 Å². The van der Waals surface area contributed by atoms with E-state index in [0.29, 0.717) is 16.5 Å². The van der Waals surface area contributed by atoms with E-state index in [4.69, 9.17) is 4.42 Å². The molecule has 1 atom stereocenters. The highest BCUT2D eigenvalue weighted by atomic mass is 19.1. The van der Waals surface area contributed by atoms with Crippen LogP contribution in [-0.4, -0.2) is 5.11 Å². The van der Waals surface area contributed by atoms with Gasteiger partial charge in [-0.2, -0.15) is 0 Å². The molecule has 2 aromatic carbocycles. The summed E-state index contributed by atoms with van der Waals surface area (Å²) in [6.07, 6.45) is 0.0963. The number of hydrogen-bond acceptors (Lipinski definition) is 2. The second-order valence-corrected chi connectivity index (χ2v) is 4.26. The molecule has 4 heteroatoms.